The molecule has 8 heteroatoms. The van der Waals surface area contributed by atoms with Crippen LogP contribution in [0.5, 0.6) is 5.75 Å². The molecular weight excluding hydrogens is 418 g/mol. The third-order valence-corrected chi connectivity index (χ3v) is 5.21. The minimum absolute atomic E-state index is 0.00729. The largest absolute Gasteiger partial charge is 0.507 e. The van der Waals surface area contributed by atoms with Crippen molar-refractivity contribution in [3.05, 3.63) is 101 Å². The number of Topliss-reactive ketones (excluding diaryl/α,β-unsaturated/α-hetero) is 1. The number of hydrogen-bond acceptors (Lipinski definition) is 5. The fraction of sp³-hybridized carbons (Fsp3) is 0.125. The standard InChI is InChI=1S/C24H18F2N2O4/c1-32-19-8-7-16(11-18(19)26)22(29)20-21(15-5-2-6-17(25)10-15)28(24(31)23(20)30)13-14-4-3-9-27-12-14/h2-12,21,29H,13H2,1H3/b22-20+. The van der Waals surface area contributed by atoms with Crippen LogP contribution in [0.4, 0.5) is 8.78 Å². The first-order valence-electron chi connectivity index (χ1n) is 9.67. The number of aliphatic hydroxyl groups is 1. The van der Waals surface area contributed by atoms with Gasteiger partial charge in [-0.05, 0) is 47.5 Å². The number of benzene rings is 2. The van der Waals surface area contributed by atoms with Crippen LogP contribution in [0, 0.1) is 11.6 Å². The van der Waals surface area contributed by atoms with Crippen molar-refractivity contribution in [2.75, 3.05) is 7.11 Å². The normalized spacial score (nSPS) is 17.6. The molecule has 162 valence electrons. The van der Waals surface area contributed by atoms with E-state index in [-0.39, 0.29) is 23.4 Å². The minimum Gasteiger partial charge on any atom is -0.507 e. The third kappa shape index (κ3) is 3.82. The second kappa shape index (κ2) is 8.58. The van der Waals surface area contributed by atoms with E-state index in [4.69, 9.17) is 4.74 Å². The highest BCUT2D eigenvalue weighted by Crippen LogP contribution is 2.40. The SMILES string of the molecule is COc1ccc(/C(O)=C2\C(=O)C(=O)N(Cc3cccnc3)C2c2cccc(F)c2)cc1F. The van der Waals surface area contributed by atoms with Crippen molar-refractivity contribution in [3.63, 3.8) is 0 Å². The van der Waals surface area contributed by atoms with Gasteiger partial charge in [-0.3, -0.25) is 14.6 Å². The molecule has 1 N–H and O–H groups in total. The van der Waals surface area contributed by atoms with Gasteiger partial charge < -0.3 is 14.7 Å². The molecule has 1 aromatic heterocycles. The molecule has 0 saturated carbocycles. The number of aliphatic hydroxyl groups excluding tert-OH is 1. The van der Waals surface area contributed by atoms with Crippen LogP contribution in [-0.4, -0.2) is 33.8 Å². The number of aromatic nitrogens is 1. The van der Waals surface area contributed by atoms with Crippen LogP contribution in [0.25, 0.3) is 5.76 Å². The van der Waals surface area contributed by atoms with Crippen LogP contribution in [0.15, 0.2) is 72.6 Å². The predicted molar refractivity (Wildman–Crippen MR) is 111 cm³/mol. The Morgan fingerprint density at radius 3 is 2.59 bits per heavy atom. The molecule has 1 saturated heterocycles. The van der Waals surface area contributed by atoms with Crippen molar-refractivity contribution in [1.82, 2.24) is 9.88 Å². The molecule has 1 amide bonds. The lowest BCUT2D eigenvalue weighted by Crippen LogP contribution is -2.29. The van der Waals surface area contributed by atoms with Gasteiger partial charge in [0.25, 0.3) is 11.7 Å². The minimum atomic E-state index is -1.07. The molecule has 1 fully saturated rings. The van der Waals surface area contributed by atoms with Gasteiger partial charge in [0, 0.05) is 24.5 Å². The van der Waals surface area contributed by atoms with E-state index >= 15 is 0 Å². The van der Waals surface area contributed by atoms with Gasteiger partial charge in [-0.25, -0.2) is 8.78 Å². The molecule has 0 radical (unpaired) electrons. The van der Waals surface area contributed by atoms with E-state index in [2.05, 4.69) is 4.98 Å². The van der Waals surface area contributed by atoms with E-state index in [1.165, 1.54) is 42.3 Å². The van der Waals surface area contributed by atoms with Crippen LogP contribution in [0.1, 0.15) is 22.7 Å². The van der Waals surface area contributed by atoms with Crippen molar-refractivity contribution >= 4 is 17.4 Å². The highest BCUT2D eigenvalue weighted by molar-refractivity contribution is 6.46. The van der Waals surface area contributed by atoms with Crippen LogP contribution in [0.3, 0.4) is 0 Å². The summed E-state index contributed by atoms with van der Waals surface area (Å²) in [6.45, 7) is 0.00729. The highest BCUT2D eigenvalue weighted by Gasteiger charge is 2.46. The Morgan fingerprint density at radius 2 is 1.94 bits per heavy atom. The summed E-state index contributed by atoms with van der Waals surface area (Å²) in [5.74, 6) is -3.72. The fourth-order valence-corrected chi connectivity index (χ4v) is 3.72. The first-order chi connectivity index (χ1) is 15.4. The van der Waals surface area contributed by atoms with Gasteiger partial charge >= 0.3 is 0 Å². The Balaban J connectivity index is 1.87. The summed E-state index contributed by atoms with van der Waals surface area (Å²) in [5, 5.41) is 10.9. The summed E-state index contributed by atoms with van der Waals surface area (Å²) < 4.78 is 33.1. The Labute approximate surface area is 182 Å². The van der Waals surface area contributed by atoms with E-state index in [9.17, 15) is 23.5 Å². The maximum absolute atomic E-state index is 14.2. The zero-order valence-electron chi connectivity index (χ0n) is 17.0. The van der Waals surface area contributed by atoms with Crippen LogP contribution < -0.4 is 4.74 Å². The van der Waals surface area contributed by atoms with Gasteiger partial charge in [0.2, 0.25) is 0 Å². The summed E-state index contributed by atoms with van der Waals surface area (Å²) in [4.78, 5) is 31.1. The molecule has 2 heterocycles. The van der Waals surface area contributed by atoms with Gasteiger partial charge in [-0.15, -0.1) is 0 Å². The number of carbonyl (C=O) groups excluding carboxylic acids is 2. The van der Waals surface area contributed by atoms with Gasteiger partial charge in [0.05, 0.1) is 18.7 Å². The first-order valence-corrected chi connectivity index (χ1v) is 9.67. The maximum atomic E-state index is 14.2. The van der Waals surface area contributed by atoms with Crippen molar-refractivity contribution in [1.29, 1.82) is 0 Å². The number of likely N-dealkylation sites (tertiary alicyclic amines) is 1. The predicted octanol–water partition coefficient (Wildman–Crippen LogP) is 3.99. The lowest BCUT2D eigenvalue weighted by Gasteiger charge is -2.25. The van der Waals surface area contributed by atoms with Gasteiger partial charge in [-0.2, -0.15) is 0 Å². The summed E-state index contributed by atoms with van der Waals surface area (Å²) >= 11 is 0. The topological polar surface area (TPSA) is 79.7 Å². The molecule has 0 spiro atoms. The Bertz CT molecular complexity index is 1230. The molecule has 2 aromatic carbocycles. The maximum Gasteiger partial charge on any atom is 0.295 e. The molecular formula is C24H18F2N2O4. The number of ketones is 1. The fourth-order valence-electron chi connectivity index (χ4n) is 3.72. The molecule has 4 rings (SSSR count). The van der Waals surface area contributed by atoms with Crippen molar-refractivity contribution < 1.29 is 28.2 Å². The van der Waals surface area contributed by atoms with E-state index < -0.39 is 35.1 Å². The summed E-state index contributed by atoms with van der Waals surface area (Å²) in [5.41, 5.74) is 0.674. The van der Waals surface area contributed by atoms with Crippen LogP contribution in [0.2, 0.25) is 0 Å². The average Bonchev–Trinajstić information content (AvgIpc) is 3.04. The quantitative estimate of drug-likeness (QED) is 0.372. The van der Waals surface area contributed by atoms with Gasteiger partial charge in [0.15, 0.2) is 11.6 Å². The second-order valence-electron chi connectivity index (χ2n) is 7.19. The van der Waals surface area contributed by atoms with Gasteiger partial charge in [0.1, 0.15) is 11.6 Å². The second-order valence-corrected chi connectivity index (χ2v) is 7.19. The lowest BCUT2D eigenvalue weighted by molar-refractivity contribution is -0.140. The highest BCUT2D eigenvalue weighted by atomic mass is 19.1. The van der Waals surface area contributed by atoms with Crippen molar-refractivity contribution in [2.45, 2.75) is 12.6 Å². The number of carbonyl (C=O) groups is 2. The summed E-state index contributed by atoms with van der Waals surface area (Å²) in [6, 6.07) is 11.4. The Morgan fingerprint density at radius 1 is 1.12 bits per heavy atom. The van der Waals surface area contributed by atoms with E-state index in [1.807, 2.05) is 0 Å². The van der Waals surface area contributed by atoms with E-state index in [0.29, 0.717) is 11.1 Å². The molecule has 1 unspecified atom stereocenters. The zero-order valence-corrected chi connectivity index (χ0v) is 17.0. The smallest absolute Gasteiger partial charge is 0.295 e. The molecule has 0 aliphatic carbocycles. The number of hydrogen-bond donors (Lipinski definition) is 1. The lowest BCUT2D eigenvalue weighted by atomic mass is 9.95. The molecule has 32 heavy (non-hydrogen) atoms. The number of methoxy groups -OCH3 is 1. The molecule has 3 aromatic rings. The molecule has 1 atom stereocenters. The summed E-state index contributed by atoms with van der Waals surface area (Å²) in [7, 11) is 1.30. The number of rotatable bonds is 5. The number of amides is 1. The van der Waals surface area contributed by atoms with Crippen molar-refractivity contribution in [2.24, 2.45) is 0 Å². The van der Waals surface area contributed by atoms with Crippen LogP contribution >= 0.6 is 0 Å². The third-order valence-electron chi connectivity index (χ3n) is 5.21. The number of pyridine rings is 1. The number of ether oxygens (including phenoxy) is 1. The van der Waals surface area contributed by atoms with E-state index in [1.54, 1.807) is 30.6 Å². The van der Waals surface area contributed by atoms with Crippen molar-refractivity contribution in [3.8, 4) is 5.75 Å². The number of halogens is 2. The van der Waals surface area contributed by atoms with Crippen LogP contribution in [-0.2, 0) is 16.1 Å². The first kappa shape index (κ1) is 21.2. The van der Waals surface area contributed by atoms with Gasteiger partial charge in [-0.1, -0.05) is 18.2 Å². The van der Waals surface area contributed by atoms with E-state index in [0.717, 1.165) is 6.07 Å². The zero-order chi connectivity index (χ0) is 22.8. The molecule has 1 aliphatic rings. The Hall–Kier alpha value is -4.07. The average molecular weight is 436 g/mol. The summed E-state index contributed by atoms with van der Waals surface area (Å²) in [6.07, 6.45) is 3.11. The molecule has 0 bridgehead atoms. The number of nitrogens with zero attached hydrogens (tertiary/aromatic N) is 2. The Kier molecular flexibility index (Phi) is 5.68. The molecule has 1 aliphatic heterocycles. The molecule has 6 nitrogen and oxygen atoms in total. The monoisotopic (exact) mass is 436 g/mol.